The normalized spacial score (nSPS) is 12.5. The Hall–Kier alpha value is -0.610. The fraction of sp³-hybridized carbons (Fsp3) is 0.933. The molecular formula is C15H33NO3. The van der Waals surface area contributed by atoms with Crippen molar-refractivity contribution in [2.24, 2.45) is 0 Å². The highest BCUT2D eigenvalue weighted by Crippen LogP contribution is 2.07. The number of aliphatic carboxylic acids is 1. The molecule has 4 nitrogen and oxygen atoms in total. The number of carboxylic acid groups (broad SMARTS) is 1. The first-order valence-corrected chi connectivity index (χ1v) is 7.40. The molecule has 0 amide bonds. The minimum atomic E-state index is -1.44. The van der Waals surface area contributed by atoms with E-state index in [1.165, 1.54) is 51.5 Å². The highest BCUT2D eigenvalue weighted by atomic mass is 16.4. The smallest absolute Gasteiger partial charge is 0.0905 e. The van der Waals surface area contributed by atoms with Crippen LogP contribution in [0.15, 0.2) is 0 Å². The lowest BCUT2D eigenvalue weighted by molar-refractivity contribution is -0.870. The predicted octanol–water partition coefficient (Wildman–Crippen LogP) is 1.56. The summed E-state index contributed by atoms with van der Waals surface area (Å²) in [5, 5.41) is 17.3. The summed E-state index contributed by atoms with van der Waals surface area (Å²) in [6.45, 7) is 4.74. The third-order valence-corrected chi connectivity index (χ3v) is 2.77. The molecule has 1 N–H and O–H groups in total. The van der Waals surface area contributed by atoms with Crippen LogP contribution in [0.4, 0.5) is 0 Å². The molecule has 116 valence electrons. The first-order chi connectivity index (χ1) is 8.70. The SMILES string of the molecule is CC(O)C(=O)[O-].CCCCCCCCC[N+](C)(C)C. The topological polar surface area (TPSA) is 60.4 Å². The van der Waals surface area contributed by atoms with Gasteiger partial charge in [-0.05, 0) is 19.8 Å². The summed E-state index contributed by atoms with van der Waals surface area (Å²) in [5.41, 5.74) is 0. The van der Waals surface area contributed by atoms with Crippen LogP contribution in [0.2, 0.25) is 0 Å². The second kappa shape index (κ2) is 12.4. The van der Waals surface area contributed by atoms with Gasteiger partial charge in [0.25, 0.3) is 0 Å². The van der Waals surface area contributed by atoms with Crippen molar-refractivity contribution in [1.29, 1.82) is 0 Å². The van der Waals surface area contributed by atoms with Crippen molar-refractivity contribution >= 4 is 5.97 Å². The molecule has 0 radical (unpaired) electrons. The maximum Gasteiger partial charge on any atom is 0.0905 e. The Balaban J connectivity index is 0. The molecule has 0 aromatic rings. The minimum Gasteiger partial charge on any atom is -0.547 e. The molecular weight excluding hydrogens is 242 g/mol. The number of unbranched alkanes of at least 4 members (excludes halogenated alkanes) is 6. The summed E-state index contributed by atoms with van der Waals surface area (Å²) < 4.78 is 1.12. The molecule has 19 heavy (non-hydrogen) atoms. The Morgan fingerprint density at radius 2 is 1.42 bits per heavy atom. The van der Waals surface area contributed by atoms with Crippen LogP contribution in [0.3, 0.4) is 0 Å². The van der Waals surface area contributed by atoms with Gasteiger partial charge in [0.05, 0.1) is 39.8 Å². The second-order valence-electron chi connectivity index (χ2n) is 6.13. The van der Waals surface area contributed by atoms with Crippen LogP contribution in [0, 0.1) is 0 Å². The van der Waals surface area contributed by atoms with Crippen LogP contribution in [0.1, 0.15) is 58.8 Å². The number of carbonyl (C=O) groups is 1. The highest BCUT2D eigenvalue weighted by molar-refractivity contribution is 5.68. The number of hydrogen-bond donors (Lipinski definition) is 1. The van der Waals surface area contributed by atoms with Crippen LogP contribution in [-0.2, 0) is 4.79 Å². The molecule has 0 aromatic heterocycles. The third-order valence-electron chi connectivity index (χ3n) is 2.77. The van der Waals surface area contributed by atoms with E-state index < -0.39 is 12.1 Å². The Kier molecular flexibility index (Phi) is 13.5. The Morgan fingerprint density at radius 1 is 1.05 bits per heavy atom. The lowest BCUT2D eigenvalue weighted by Gasteiger charge is -2.23. The third kappa shape index (κ3) is 23.0. The summed E-state index contributed by atoms with van der Waals surface area (Å²) in [4.78, 5) is 9.34. The van der Waals surface area contributed by atoms with E-state index in [1.54, 1.807) is 0 Å². The molecule has 0 heterocycles. The first kappa shape index (κ1) is 20.7. The standard InChI is InChI=1S/C12H28N.C3H6O3/c1-5-6-7-8-9-10-11-12-13(2,3)4;1-2(4)3(5)6/h5-12H2,1-4H3;2,4H,1H3,(H,5,6)/q+1;/p-1. The molecule has 0 aliphatic rings. The highest BCUT2D eigenvalue weighted by Gasteiger charge is 2.04. The monoisotopic (exact) mass is 275 g/mol. The van der Waals surface area contributed by atoms with Crippen molar-refractivity contribution in [1.82, 2.24) is 0 Å². The van der Waals surface area contributed by atoms with Gasteiger partial charge in [0.15, 0.2) is 0 Å². The van der Waals surface area contributed by atoms with Crippen LogP contribution < -0.4 is 5.11 Å². The molecule has 0 rings (SSSR count). The van der Waals surface area contributed by atoms with Gasteiger partial charge in [-0.25, -0.2) is 0 Å². The van der Waals surface area contributed by atoms with Gasteiger partial charge in [-0.1, -0.05) is 39.0 Å². The maximum atomic E-state index is 9.34. The molecule has 4 heteroatoms. The number of carboxylic acids is 1. The second-order valence-corrected chi connectivity index (χ2v) is 6.13. The summed E-state index contributed by atoms with van der Waals surface area (Å²) in [6.07, 6.45) is 8.61. The quantitative estimate of drug-likeness (QED) is 0.513. The fourth-order valence-electron chi connectivity index (χ4n) is 1.54. The maximum absolute atomic E-state index is 9.34. The molecule has 1 atom stereocenters. The zero-order valence-electron chi connectivity index (χ0n) is 13.4. The van der Waals surface area contributed by atoms with Crippen molar-refractivity contribution in [3.8, 4) is 0 Å². The number of aliphatic hydroxyl groups excluding tert-OH is 1. The molecule has 0 aliphatic heterocycles. The summed E-state index contributed by atoms with van der Waals surface area (Å²) in [5.74, 6) is -1.44. The molecule has 0 bridgehead atoms. The molecule has 0 fully saturated rings. The molecule has 0 saturated carbocycles. The van der Waals surface area contributed by atoms with E-state index in [4.69, 9.17) is 5.11 Å². The fourth-order valence-corrected chi connectivity index (χ4v) is 1.54. The van der Waals surface area contributed by atoms with Crippen molar-refractivity contribution in [2.75, 3.05) is 27.7 Å². The lowest BCUT2D eigenvalue weighted by Crippen LogP contribution is -2.35. The number of quaternary nitrogens is 1. The largest absolute Gasteiger partial charge is 0.547 e. The summed E-state index contributed by atoms with van der Waals surface area (Å²) in [6, 6.07) is 0. The van der Waals surface area contributed by atoms with E-state index in [0.29, 0.717) is 0 Å². The minimum absolute atomic E-state index is 1.12. The van der Waals surface area contributed by atoms with Crippen molar-refractivity contribution in [3.05, 3.63) is 0 Å². The van der Waals surface area contributed by atoms with E-state index in [0.717, 1.165) is 11.4 Å². The number of nitrogens with zero attached hydrogens (tertiary/aromatic N) is 1. The van der Waals surface area contributed by atoms with Gasteiger partial charge < -0.3 is 19.5 Å². The van der Waals surface area contributed by atoms with E-state index in [9.17, 15) is 9.90 Å². The van der Waals surface area contributed by atoms with E-state index in [2.05, 4.69) is 28.1 Å². The Labute approximate surface area is 119 Å². The number of hydrogen-bond acceptors (Lipinski definition) is 3. The lowest BCUT2D eigenvalue weighted by atomic mass is 10.1. The van der Waals surface area contributed by atoms with Crippen LogP contribution in [0.25, 0.3) is 0 Å². The van der Waals surface area contributed by atoms with Gasteiger partial charge in [0.2, 0.25) is 0 Å². The Morgan fingerprint density at radius 3 is 1.74 bits per heavy atom. The van der Waals surface area contributed by atoms with E-state index >= 15 is 0 Å². The van der Waals surface area contributed by atoms with Crippen LogP contribution >= 0.6 is 0 Å². The zero-order chi connectivity index (χ0) is 15.3. The van der Waals surface area contributed by atoms with Crippen LogP contribution in [-0.4, -0.2) is 49.4 Å². The molecule has 1 unspecified atom stereocenters. The number of carbonyl (C=O) groups excluding carboxylic acids is 1. The van der Waals surface area contributed by atoms with Crippen molar-refractivity contribution < 1.29 is 19.5 Å². The van der Waals surface area contributed by atoms with Crippen LogP contribution in [0.5, 0.6) is 0 Å². The van der Waals surface area contributed by atoms with Gasteiger partial charge in [-0.15, -0.1) is 0 Å². The van der Waals surface area contributed by atoms with E-state index in [-0.39, 0.29) is 0 Å². The zero-order valence-corrected chi connectivity index (χ0v) is 13.4. The van der Waals surface area contributed by atoms with E-state index in [1.807, 2.05) is 0 Å². The molecule has 0 aromatic carbocycles. The average molecular weight is 275 g/mol. The van der Waals surface area contributed by atoms with Gasteiger partial charge in [0, 0.05) is 0 Å². The number of rotatable bonds is 9. The molecule has 0 saturated heterocycles. The molecule has 0 aliphatic carbocycles. The first-order valence-electron chi connectivity index (χ1n) is 7.40. The van der Waals surface area contributed by atoms with Crippen molar-refractivity contribution in [2.45, 2.75) is 64.9 Å². The average Bonchev–Trinajstić information content (AvgIpc) is 2.27. The molecule has 0 spiro atoms. The van der Waals surface area contributed by atoms with Gasteiger partial charge in [-0.3, -0.25) is 0 Å². The van der Waals surface area contributed by atoms with Gasteiger partial charge >= 0.3 is 0 Å². The van der Waals surface area contributed by atoms with Crippen molar-refractivity contribution in [3.63, 3.8) is 0 Å². The number of aliphatic hydroxyl groups is 1. The Bertz CT molecular complexity index is 210. The summed E-state index contributed by atoms with van der Waals surface area (Å²) >= 11 is 0. The summed E-state index contributed by atoms with van der Waals surface area (Å²) in [7, 11) is 6.82. The van der Waals surface area contributed by atoms with Gasteiger partial charge in [-0.2, -0.15) is 0 Å². The predicted molar refractivity (Wildman–Crippen MR) is 77.6 cm³/mol. The van der Waals surface area contributed by atoms with Gasteiger partial charge in [0.1, 0.15) is 0 Å².